The van der Waals surface area contributed by atoms with Crippen molar-refractivity contribution in [2.24, 2.45) is 9.98 Å². The van der Waals surface area contributed by atoms with Gasteiger partial charge in [-0.3, -0.25) is 19.4 Å². The molecule has 44 heavy (non-hydrogen) atoms. The Morgan fingerprint density at radius 2 is 1.89 bits per heavy atom. The number of carbonyl (C=O) groups is 3. The zero-order valence-electron chi connectivity index (χ0n) is 24.2. The van der Waals surface area contributed by atoms with E-state index in [1.54, 1.807) is 25.3 Å². The first-order valence-corrected chi connectivity index (χ1v) is 15.2. The summed E-state index contributed by atoms with van der Waals surface area (Å²) in [6, 6.07) is 19.4. The number of aliphatic imine (C=N–C) groups is 2. The van der Waals surface area contributed by atoms with E-state index < -0.39 is 11.3 Å². The number of rotatable bonds is 10. The van der Waals surface area contributed by atoms with Crippen LogP contribution in [0.2, 0.25) is 0 Å². The standard InChI is InChI=1S/C32H31N5O6S/c1-3-27(30(39)34-20-10-14-25-26(16-20)43-18-42-25)44-32-36-23-7-5-4-6-22(23)29-35-24(31(40)37(29)32)13-15-28(38)33-17-19-8-11-21(41-2)12-9-19/h4-12,14,16,24,27H,3,13,15,17-18H2,1-2H3,(H,33,38)(H,34,39). The molecule has 0 fully saturated rings. The zero-order valence-corrected chi connectivity index (χ0v) is 25.1. The number of nitrogens with zero attached hydrogens (tertiary/aromatic N) is 3. The number of para-hydroxylation sites is 1. The number of benzene rings is 3. The lowest BCUT2D eigenvalue weighted by molar-refractivity contribution is -0.125. The molecule has 3 aromatic carbocycles. The maximum absolute atomic E-state index is 13.7. The predicted molar refractivity (Wildman–Crippen MR) is 168 cm³/mol. The highest BCUT2D eigenvalue weighted by atomic mass is 32.2. The van der Waals surface area contributed by atoms with Gasteiger partial charge in [-0.05, 0) is 54.8 Å². The summed E-state index contributed by atoms with van der Waals surface area (Å²) in [7, 11) is 1.60. The molecule has 3 aliphatic heterocycles. The summed E-state index contributed by atoms with van der Waals surface area (Å²) in [5.74, 6) is 1.76. The molecule has 0 radical (unpaired) electrons. The first-order chi connectivity index (χ1) is 21.4. The normalized spacial score (nSPS) is 16.8. The fourth-order valence-corrected chi connectivity index (χ4v) is 6.04. The third kappa shape index (κ3) is 6.11. The zero-order chi connectivity index (χ0) is 30.6. The Morgan fingerprint density at radius 1 is 1.09 bits per heavy atom. The molecule has 0 saturated carbocycles. The van der Waals surface area contributed by atoms with Crippen molar-refractivity contribution in [3.05, 3.63) is 77.9 Å². The number of ether oxygens (including phenoxy) is 3. The Hall–Kier alpha value is -4.84. The van der Waals surface area contributed by atoms with E-state index in [0.717, 1.165) is 16.9 Å². The van der Waals surface area contributed by atoms with Gasteiger partial charge in [-0.15, -0.1) is 0 Å². The van der Waals surface area contributed by atoms with Crippen molar-refractivity contribution in [1.82, 2.24) is 10.2 Å². The molecule has 3 heterocycles. The predicted octanol–water partition coefficient (Wildman–Crippen LogP) is 4.63. The molecule has 0 aliphatic carbocycles. The minimum absolute atomic E-state index is 0.133. The summed E-state index contributed by atoms with van der Waals surface area (Å²) in [5.41, 5.74) is 2.92. The van der Waals surface area contributed by atoms with Crippen LogP contribution in [0.25, 0.3) is 0 Å². The first kappa shape index (κ1) is 29.2. The number of hydrogen-bond donors (Lipinski definition) is 2. The molecule has 12 heteroatoms. The summed E-state index contributed by atoms with van der Waals surface area (Å²) in [4.78, 5) is 50.7. The number of amides is 3. The average molecular weight is 614 g/mol. The van der Waals surface area contributed by atoms with Crippen molar-refractivity contribution in [3.63, 3.8) is 0 Å². The van der Waals surface area contributed by atoms with Crippen LogP contribution >= 0.6 is 11.8 Å². The Balaban J connectivity index is 1.13. The van der Waals surface area contributed by atoms with E-state index >= 15 is 0 Å². The Labute approximate surface area is 258 Å². The number of methoxy groups -OCH3 is 1. The van der Waals surface area contributed by atoms with Gasteiger partial charge in [0.2, 0.25) is 18.6 Å². The molecule has 3 aromatic rings. The molecule has 2 N–H and O–H groups in total. The summed E-state index contributed by atoms with van der Waals surface area (Å²) < 4.78 is 15.9. The molecule has 0 bridgehead atoms. The van der Waals surface area contributed by atoms with Crippen molar-refractivity contribution in [3.8, 4) is 17.2 Å². The third-order valence-corrected chi connectivity index (χ3v) is 8.71. The Kier molecular flexibility index (Phi) is 8.51. The minimum atomic E-state index is -0.740. The molecule has 2 atom stereocenters. The molecule has 3 aliphatic rings. The monoisotopic (exact) mass is 613 g/mol. The Morgan fingerprint density at radius 3 is 2.68 bits per heavy atom. The van der Waals surface area contributed by atoms with Crippen LogP contribution in [0.15, 0.2) is 76.7 Å². The maximum Gasteiger partial charge on any atom is 0.259 e. The number of nitrogens with one attached hydrogen (secondary N) is 2. The highest BCUT2D eigenvalue weighted by Gasteiger charge is 2.42. The maximum atomic E-state index is 13.7. The van der Waals surface area contributed by atoms with Crippen LogP contribution in [0.1, 0.15) is 37.3 Å². The largest absolute Gasteiger partial charge is 0.497 e. The van der Waals surface area contributed by atoms with Crippen LogP contribution in [-0.4, -0.2) is 58.8 Å². The SMILES string of the molecule is CCC(SC1=Nc2ccccc2C2=NC(CCC(=O)NCc3ccc(OC)cc3)C(=O)N12)C(=O)Nc1ccc2c(c1)OCO2. The van der Waals surface area contributed by atoms with Crippen LogP contribution in [0.5, 0.6) is 17.2 Å². The van der Waals surface area contributed by atoms with Crippen molar-refractivity contribution in [2.75, 3.05) is 19.2 Å². The van der Waals surface area contributed by atoms with Gasteiger partial charge in [-0.1, -0.05) is 43.0 Å². The van der Waals surface area contributed by atoms with Gasteiger partial charge in [0.15, 0.2) is 16.7 Å². The molecule has 2 unspecified atom stereocenters. The molecule has 0 aromatic heterocycles. The topological polar surface area (TPSA) is 131 Å². The van der Waals surface area contributed by atoms with Gasteiger partial charge in [-0.2, -0.15) is 0 Å². The van der Waals surface area contributed by atoms with Crippen LogP contribution < -0.4 is 24.8 Å². The third-order valence-electron chi connectivity index (χ3n) is 7.39. The van der Waals surface area contributed by atoms with Crippen molar-refractivity contribution >= 4 is 51.9 Å². The molecule has 226 valence electrons. The van der Waals surface area contributed by atoms with Crippen LogP contribution in [-0.2, 0) is 20.9 Å². The number of carbonyl (C=O) groups excluding carboxylic acids is 3. The lowest BCUT2D eigenvalue weighted by Gasteiger charge is -2.27. The van der Waals surface area contributed by atoms with E-state index in [2.05, 4.69) is 10.6 Å². The summed E-state index contributed by atoms with van der Waals surface area (Å²) in [6.07, 6.45) is 0.872. The smallest absolute Gasteiger partial charge is 0.259 e. The molecular weight excluding hydrogens is 582 g/mol. The lowest BCUT2D eigenvalue weighted by Crippen LogP contribution is -2.42. The van der Waals surface area contributed by atoms with Gasteiger partial charge in [0.05, 0.1) is 18.0 Å². The van der Waals surface area contributed by atoms with Crippen LogP contribution in [0.4, 0.5) is 11.4 Å². The van der Waals surface area contributed by atoms with E-state index in [1.165, 1.54) is 16.7 Å². The van der Waals surface area contributed by atoms with Gasteiger partial charge in [-0.25, -0.2) is 9.89 Å². The minimum Gasteiger partial charge on any atom is -0.497 e. The highest BCUT2D eigenvalue weighted by Crippen LogP contribution is 2.37. The molecule has 6 rings (SSSR count). The van der Waals surface area contributed by atoms with Crippen LogP contribution in [0.3, 0.4) is 0 Å². The summed E-state index contributed by atoms with van der Waals surface area (Å²) >= 11 is 1.22. The molecular formula is C32H31N5O6S. The quantitative estimate of drug-likeness (QED) is 0.341. The summed E-state index contributed by atoms with van der Waals surface area (Å²) in [5, 5.41) is 5.68. The second-order valence-electron chi connectivity index (χ2n) is 10.3. The fraction of sp³-hybridized carbons (Fsp3) is 0.281. The Bertz CT molecular complexity index is 1660. The van der Waals surface area contributed by atoms with E-state index in [4.69, 9.17) is 24.2 Å². The van der Waals surface area contributed by atoms with Crippen LogP contribution in [0, 0.1) is 0 Å². The fourth-order valence-electron chi connectivity index (χ4n) is 5.02. The van der Waals surface area contributed by atoms with E-state index in [-0.39, 0.29) is 37.4 Å². The van der Waals surface area contributed by atoms with Crippen molar-refractivity contribution in [2.45, 2.75) is 44.0 Å². The number of thioether (sulfide) groups is 1. The van der Waals surface area contributed by atoms with Crippen molar-refractivity contribution in [1.29, 1.82) is 0 Å². The summed E-state index contributed by atoms with van der Waals surface area (Å²) in [6.45, 7) is 2.42. The number of fused-ring (bicyclic) bond motifs is 4. The highest BCUT2D eigenvalue weighted by molar-refractivity contribution is 8.15. The van der Waals surface area contributed by atoms with Crippen molar-refractivity contribution < 1.29 is 28.6 Å². The average Bonchev–Trinajstić information content (AvgIpc) is 3.65. The second-order valence-corrected chi connectivity index (χ2v) is 11.5. The van der Waals surface area contributed by atoms with Gasteiger partial charge < -0.3 is 24.8 Å². The van der Waals surface area contributed by atoms with Gasteiger partial charge in [0.25, 0.3) is 5.91 Å². The molecule has 11 nitrogen and oxygen atoms in total. The molecule has 0 spiro atoms. The van der Waals surface area contributed by atoms with E-state index in [9.17, 15) is 14.4 Å². The number of anilines is 1. The molecule has 3 amide bonds. The lowest BCUT2D eigenvalue weighted by atomic mass is 10.1. The second kappa shape index (κ2) is 12.8. The number of hydrogen-bond acceptors (Lipinski definition) is 9. The van der Waals surface area contributed by atoms with Gasteiger partial charge in [0, 0.05) is 30.3 Å². The first-order valence-electron chi connectivity index (χ1n) is 14.3. The van der Waals surface area contributed by atoms with E-state index in [1.807, 2.05) is 55.5 Å². The van der Waals surface area contributed by atoms with E-state index in [0.29, 0.717) is 46.8 Å². The van der Waals surface area contributed by atoms with Gasteiger partial charge in [0.1, 0.15) is 17.6 Å². The molecule has 0 saturated heterocycles. The van der Waals surface area contributed by atoms with Gasteiger partial charge >= 0.3 is 0 Å². The number of amidine groups is 2.